The molecule has 0 aliphatic carbocycles. The number of rotatable bonds is 3. The molecule has 1 aliphatic rings. The highest BCUT2D eigenvalue weighted by Gasteiger charge is 2.48. The molecule has 2 aromatic carbocycles. The van der Waals surface area contributed by atoms with Gasteiger partial charge in [0.1, 0.15) is 11.5 Å². The van der Waals surface area contributed by atoms with Gasteiger partial charge in [-0.25, -0.2) is 0 Å². The van der Waals surface area contributed by atoms with Crippen molar-refractivity contribution in [3.05, 3.63) is 87.1 Å². The van der Waals surface area contributed by atoms with Crippen LogP contribution in [0.25, 0.3) is 5.76 Å². The predicted molar refractivity (Wildman–Crippen MR) is 109 cm³/mol. The van der Waals surface area contributed by atoms with Crippen LogP contribution in [-0.2, 0) is 9.59 Å². The van der Waals surface area contributed by atoms with Crippen molar-refractivity contribution in [1.29, 1.82) is 0 Å². The lowest BCUT2D eigenvalue weighted by Crippen LogP contribution is -2.29. The molecule has 1 saturated heterocycles. The monoisotopic (exact) mass is 428 g/mol. The van der Waals surface area contributed by atoms with E-state index in [1.165, 1.54) is 4.90 Å². The number of carbonyl (C=O) groups excluding carboxylic acids is 2. The third-order valence-corrected chi connectivity index (χ3v) is 5.11. The predicted octanol–water partition coefficient (Wildman–Crippen LogP) is 4.92. The van der Waals surface area contributed by atoms with Gasteiger partial charge in [0, 0.05) is 21.7 Å². The summed E-state index contributed by atoms with van der Waals surface area (Å²) in [4.78, 5) is 27.0. The van der Waals surface area contributed by atoms with Crippen molar-refractivity contribution in [2.75, 3.05) is 4.90 Å². The molecule has 1 aliphatic heterocycles. The lowest BCUT2D eigenvalue weighted by molar-refractivity contribution is -0.132. The van der Waals surface area contributed by atoms with Crippen LogP contribution in [0.15, 0.2) is 64.7 Å². The Kier molecular flexibility index (Phi) is 4.90. The third kappa shape index (κ3) is 3.41. The minimum Gasteiger partial charge on any atom is -0.507 e. The van der Waals surface area contributed by atoms with Crippen molar-refractivity contribution in [2.45, 2.75) is 13.0 Å². The van der Waals surface area contributed by atoms with Crippen LogP contribution in [0.4, 0.5) is 5.82 Å². The van der Waals surface area contributed by atoms with E-state index < -0.39 is 17.7 Å². The number of halogens is 2. The zero-order valence-electron chi connectivity index (χ0n) is 15.1. The van der Waals surface area contributed by atoms with E-state index in [9.17, 15) is 14.7 Å². The van der Waals surface area contributed by atoms with Crippen LogP contribution >= 0.6 is 23.2 Å². The van der Waals surface area contributed by atoms with Crippen molar-refractivity contribution in [3.63, 3.8) is 0 Å². The number of aryl methyl sites for hydroxylation is 1. The molecule has 3 aromatic rings. The SMILES string of the molecule is Cc1cc(N2C(=O)C(=O)/C(=C(/O)c3ccc(Cl)cc3)[C@@H]2c2ccc(Cl)cc2)no1. The molecule has 4 rings (SSSR count). The average molecular weight is 429 g/mol. The summed E-state index contributed by atoms with van der Waals surface area (Å²) in [5.41, 5.74) is 0.896. The number of amides is 1. The molecule has 1 amide bonds. The number of aliphatic hydroxyl groups is 1. The average Bonchev–Trinajstić information content (AvgIpc) is 3.24. The van der Waals surface area contributed by atoms with E-state index in [0.29, 0.717) is 26.9 Å². The quantitative estimate of drug-likeness (QED) is 0.363. The molecule has 0 saturated carbocycles. The third-order valence-electron chi connectivity index (χ3n) is 4.61. The van der Waals surface area contributed by atoms with Gasteiger partial charge >= 0.3 is 5.91 Å². The number of anilines is 1. The number of aliphatic hydroxyl groups excluding tert-OH is 1. The summed E-state index contributed by atoms with van der Waals surface area (Å²) >= 11 is 11.9. The van der Waals surface area contributed by atoms with Crippen LogP contribution in [0.3, 0.4) is 0 Å². The molecule has 0 bridgehead atoms. The van der Waals surface area contributed by atoms with Gasteiger partial charge in [-0.3, -0.25) is 14.5 Å². The number of benzene rings is 2. The molecular weight excluding hydrogens is 415 g/mol. The van der Waals surface area contributed by atoms with E-state index in [0.717, 1.165) is 0 Å². The molecule has 1 aromatic heterocycles. The molecule has 0 spiro atoms. The maximum Gasteiger partial charge on any atom is 0.301 e. The fourth-order valence-electron chi connectivity index (χ4n) is 3.26. The molecule has 0 radical (unpaired) electrons. The van der Waals surface area contributed by atoms with Gasteiger partial charge in [-0.2, -0.15) is 0 Å². The van der Waals surface area contributed by atoms with E-state index in [4.69, 9.17) is 27.7 Å². The van der Waals surface area contributed by atoms with Crippen LogP contribution in [0.1, 0.15) is 22.9 Å². The largest absolute Gasteiger partial charge is 0.507 e. The molecule has 0 unspecified atom stereocenters. The maximum absolute atomic E-state index is 12.9. The molecular formula is C21H14Cl2N2O4. The number of hydrogen-bond acceptors (Lipinski definition) is 5. The molecule has 1 N–H and O–H groups in total. The minimum atomic E-state index is -0.896. The zero-order valence-corrected chi connectivity index (χ0v) is 16.6. The summed E-state index contributed by atoms with van der Waals surface area (Å²) in [7, 11) is 0. The van der Waals surface area contributed by atoms with Crippen molar-refractivity contribution in [3.8, 4) is 0 Å². The van der Waals surface area contributed by atoms with Gasteiger partial charge in [-0.1, -0.05) is 40.5 Å². The fraction of sp³-hybridized carbons (Fsp3) is 0.0952. The Hall–Kier alpha value is -3.09. The summed E-state index contributed by atoms with van der Waals surface area (Å²) in [6, 6.07) is 13.6. The van der Waals surface area contributed by atoms with E-state index in [1.54, 1.807) is 61.5 Å². The van der Waals surface area contributed by atoms with E-state index in [1.807, 2.05) is 0 Å². The molecule has 1 atom stereocenters. The number of ketones is 1. The first-order valence-corrected chi connectivity index (χ1v) is 9.38. The number of aromatic nitrogens is 1. The van der Waals surface area contributed by atoms with E-state index in [-0.39, 0.29) is 17.2 Å². The highest BCUT2D eigenvalue weighted by molar-refractivity contribution is 6.51. The first-order valence-electron chi connectivity index (χ1n) is 8.62. The fourth-order valence-corrected chi connectivity index (χ4v) is 3.51. The lowest BCUT2D eigenvalue weighted by Gasteiger charge is -2.22. The van der Waals surface area contributed by atoms with Crippen molar-refractivity contribution in [2.24, 2.45) is 0 Å². The molecule has 6 nitrogen and oxygen atoms in total. The van der Waals surface area contributed by atoms with Gasteiger partial charge in [-0.15, -0.1) is 0 Å². The van der Waals surface area contributed by atoms with Crippen molar-refractivity contribution < 1.29 is 19.2 Å². The first kappa shape index (κ1) is 19.2. The Morgan fingerprint density at radius 2 is 1.62 bits per heavy atom. The molecule has 8 heteroatoms. The molecule has 1 fully saturated rings. The van der Waals surface area contributed by atoms with Gasteiger partial charge in [0.05, 0.1) is 11.6 Å². The summed E-state index contributed by atoms with van der Waals surface area (Å²) in [6.45, 7) is 1.68. The molecule has 29 heavy (non-hydrogen) atoms. The molecule has 146 valence electrons. The highest BCUT2D eigenvalue weighted by Crippen LogP contribution is 2.42. The summed E-state index contributed by atoms with van der Waals surface area (Å²) < 4.78 is 5.09. The van der Waals surface area contributed by atoms with E-state index >= 15 is 0 Å². The Balaban J connectivity index is 1.93. The van der Waals surface area contributed by atoms with Crippen molar-refractivity contribution >= 4 is 46.5 Å². The van der Waals surface area contributed by atoms with Crippen LogP contribution in [0.5, 0.6) is 0 Å². The van der Waals surface area contributed by atoms with Crippen LogP contribution in [-0.4, -0.2) is 22.0 Å². The Bertz CT molecular complexity index is 1130. The summed E-state index contributed by atoms with van der Waals surface area (Å²) in [6.07, 6.45) is 0. The second-order valence-electron chi connectivity index (χ2n) is 6.52. The van der Waals surface area contributed by atoms with Crippen LogP contribution in [0, 0.1) is 6.92 Å². The highest BCUT2D eigenvalue weighted by atomic mass is 35.5. The standard InChI is InChI=1S/C21H14Cl2N2O4/c1-11-10-16(24-29-11)25-18(12-2-6-14(22)7-3-12)17(20(27)21(25)28)19(26)13-4-8-15(23)9-5-13/h2-10,18,26H,1H3/b19-17+/t18-/m0/s1. The Morgan fingerprint density at radius 3 is 2.17 bits per heavy atom. The van der Waals surface area contributed by atoms with Gasteiger partial charge in [0.15, 0.2) is 5.82 Å². The zero-order chi connectivity index (χ0) is 20.7. The number of hydrogen-bond donors (Lipinski definition) is 1. The first-order chi connectivity index (χ1) is 13.9. The minimum absolute atomic E-state index is 0.0553. The Labute approximate surface area is 175 Å². The Morgan fingerprint density at radius 1 is 1.03 bits per heavy atom. The number of carbonyl (C=O) groups is 2. The smallest absolute Gasteiger partial charge is 0.301 e. The van der Waals surface area contributed by atoms with E-state index in [2.05, 4.69) is 5.16 Å². The maximum atomic E-state index is 12.9. The van der Waals surface area contributed by atoms with Gasteiger partial charge in [0.2, 0.25) is 0 Å². The van der Waals surface area contributed by atoms with Crippen LogP contribution in [0.2, 0.25) is 10.0 Å². The second-order valence-corrected chi connectivity index (χ2v) is 7.40. The van der Waals surface area contributed by atoms with Crippen LogP contribution < -0.4 is 4.90 Å². The lowest BCUT2D eigenvalue weighted by atomic mass is 9.95. The second kappa shape index (κ2) is 7.39. The summed E-state index contributed by atoms with van der Waals surface area (Å²) in [5.74, 6) is -1.27. The van der Waals surface area contributed by atoms with Gasteiger partial charge in [0.25, 0.3) is 5.78 Å². The topological polar surface area (TPSA) is 83.6 Å². The van der Waals surface area contributed by atoms with Gasteiger partial charge in [-0.05, 0) is 48.9 Å². The summed E-state index contributed by atoms with van der Waals surface area (Å²) in [5, 5.41) is 15.8. The number of nitrogens with zero attached hydrogens (tertiary/aromatic N) is 2. The van der Waals surface area contributed by atoms with Gasteiger partial charge < -0.3 is 9.63 Å². The normalized spacial score (nSPS) is 18.4. The number of Topliss-reactive ketones (excluding diaryl/α,β-unsaturated/α-hetero) is 1. The molecule has 2 heterocycles. The van der Waals surface area contributed by atoms with Crippen molar-refractivity contribution in [1.82, 2.24) is 5.16 Å².